The lowest BCUT2D eigenvalue weighted by atomic mass is 10.6. The Kier molecular flexibility index (Phi) is 2.18. The number of aromatic nitrogens is 1. The van der Waals surface area contributed by atoms with Crippen LogP contribution in [0, 0.1) is 13.8 Å². The number of nitrogens with zero attached hydrogens (tertiary/aromatic N) is 1. The Morgan fingerprint density at radius 1 is 1.60 bits per heavy atom. The maximum Gasteiger partial charge on any atom is 0.206 e. The minimum Gasteiger partial charge on any atom is -0.301 e. The van der Waals surface area contributed by atoms with E-state index in [1.165, 1.54) is 11.3 Å². The summed E-state index contributed by atoms with van der Waals surface area (Å²) in [5, 5.41) is 1.12. The maximum atomic E-state index is 10.5. The van der Waals surface area contributed by atoms with Crippen LogP contribution in [0.1, 0.15) is 9.88 Å². The minimum atomic E-state index is -1.92. The molecule has 3 nitrogen and oxygen atoms in total. The second-order valence-electron chi connectivity index (χ2n) is 1.84. The molecule has 0 bridgehead atoms. The van der Waals surface area contributed by atoms with Gasteiger partial charge in [0, 0.05) is 4.88 Å². The van der Waals surface area contributed by atoms with Gasteiger partial charge in [-0.2, -0.15) is 0 Å². The van der Waals surface area contributed by atoms with Crippen molar-refractivity contribution in [1.29, 1.82) is 0 Å². The molecule has 1 aromatic rings. The Morgan fingerprint density at radius 3 is 2.40 bits per heavy atom. The van der Waals surface area contributed by atoms with Gasteiger partial charge in [-0.15, -0.1) is 11.3 Å². The second kappa shape index (κ2) is 2.77. The third-order valence-corrected chi connectivity index (χ3v) is 2.77. The minimum absolute atomic E-state index is 0.294. The van der Waals surface area contributed by atoms with Crippen LogP contribution in [0.5, 0.6) is 0 Å². The molecule has 1 heterocycles. The highest BCUT2D eigenvalue weighted by atomic mass is 32.2. The number of rotatable bonds is 1. The fourth-order valence-electron chi connectivity index (χ4n) is 0.672. The molecule has 0 aliphatic rings. The van der Waals surface area contributed by atoms with Crippen molar-refractivity contribution in [2.75, 3.05) is 0 Å². The largest absolute Gasteiger partial charge is 0.301 e. The fraction of sp³-hybridized carbons (Fsp3) is 0.400. The van der Waals surface area contributed by atoms with E-state index in [1.807, 2.05) is 6.92 Å². The number of hydrogen-bond donors (Lipinski definition) is 1. The summed E-state index contributed by atoms with van der Waals surface area (Å²) in [5.74, 6) is 0. The molecule has 5 heteroatoms. The molecule has 1 rings (SSSR count). The van der Waals surface area contributed by atoms with Crippen LogP contribution in [0.2, 0.25) is 0 Å². The summed E-state index contributed by atoms with van der Waals surface area (Å²) in [4.78, 5) is 4.70. The molecule has 0 saturated carbocycles. The molecule has 1 atom stereocenters. The molecule has 0 aromatic carbocycles. The zero-order valence-electron chi connectivity index (χ0n) is 5.62. The number of aryl methyl sites for hydroxylation is 2. The first-order valence-corrected chi connectivity index (χ1v) is 4.58. The van der Waals surface area contributed by atoms with E-state index in [-0.39, 0.29) is 0 Å². The second-order valence-corrected chi connectivity index (χ2v) is 4.14. The Hall–Kier alpha value is -0.260. The maximum absolute atomic E-state index is 10.5. The van der Waals surface area contributed by atoms with Crippen molar-refractivity contribution in [3.8, 4) is 0 Å². The lowest BCUT2D eigenvalue weighted by Gasteiger charge is -1.85. The van der Waals surface area contributed by atoms with Crippen LogP contribution in [-0.4, -0.2) is 13.7 Å². The molecule has 0 radical (unpaired) electrons. The average molecular weight is 177 g/mol. The first kappa shape index (κ1) is 7.84. The van der Waals surface area contributed by atoms with Gasteiger partial charge in [0.25, 0.3) is 0 Å². The van der Waals surface area contributed by atoms with Gasteiger partial charge < -0.3 is 4.55 Å². The summed E-state index contributed by atoms with van der Waals surface area (Å²) in [6.45, 7) is 3.60. The molecular formula is C5H7NO2S2. The molecule has 10 heavy (non-hydrogen) atoms. The van der Waals surface area contributed by atoms with Crippen molar-refractivity contribution in [3.05, 3.63) is 9.88 Å². The van der Waals surface area contributed by atoms with Crippen LogP contribution in [0.25, 0.3) is 0 Å². The van der Waals surface area contributed by atoms with Crippen LogP contribution >= 0.6 is 11.3 Å². The molecule has 1 aromatic heterocycles. The van der Waals surface area contributed by atoms with Crippen molar-refractivity contribution < 1.29 is 8.76 Å². The van der Waals surface area contributed by atoms with Crippen LogP contribution < -0.4 is 0 Å². The summed E-state index contributed by atoms with van der Waals surface area (Å²) in [5.41, 5.74) is 0. The Labute approximate surface area is 65.4 Å². The fourth-order valence-corrected chi connectivity index (χ4v) is 2.24. The molecule has 1 N–H and O–H groups in total. The summed E-state index contributed by atoms with van der Waals surface area (Å²) >= 11 is -0.487. The first-order chi connectivity index (χ1) is 4.61. The predicted octanol–water partition coefficient (Wildman–Crippen LogP) is 1.34. The normalized spacial score (nSPS) is 13.5. The number of hydrogen-bond acceptors (Lipinski definition) is 3. The topological polar surface area (TPSA) is 50.2 Å². The molecular weight excluding hydrogens is 170 g/mol. The monoisotopic (exact) mass is 177 g/mol. The molecule has 56 valence electrons. The van der Waals surface area contributed by atoms with E-state index < -0.39 is 11.1 Å². The van der Waals surface area contributed by atoms with E-state index in [2.05, 4.69) is 4.98 Å². The standard InChI is InChI=1S/C5H7NO2S2/c1-3-5(10(7)8)6-4(2)9-3/h1-2H3,(H,7,8). The summed E-state index contributed by atoms with van der Waals surface area (Å²) in [6, 6.07) is 0. The zero-order valence-corrected chi connectivity index (χ0v) is 7.25. The zero-order chi connectivity index (χ0) is 7.72. The summed E-state index contributed by atoms with van der Waals surface area (Å²) < 4.78 is 19.1. The predicted molar refractivity (Wildman–Crippen MR) is 40.6 cm³/mol. The molecule has 0 amide bonds. The quantitative estimate of drug-likeness (QED) is 0.658. The van der Waals surface area contributed by atoms with Crippen molar-refractivity contribution >= 4 is 22.4 Å². The molecule has 0 spiro atoms. The molecule has 1 unspecified atom stereocenters. The van der Waals surface area contributed by atoms with Gasteiger partial charge in [0.15, 0.2) is 5.03 Å². The Balaban J connectivity index is 3.15. The highest BCUT2D eigenvalue weighted by Gasteiger charge is 2.08. The third-order valence-electron chi connectivity index (χ3n) is 1.03. The Morgan fingerprint density at radius 2 is 2.20 bits per heavy atom. The Bertz CT molecular complexity index is 269. The van der Waals surface area contributed by atoms with Gasteiger partial charge >= 0.3 is 0 Å². The summed E-state index contributed by atoms with van der Waals surface area (Å²) in [7, 11) is 0. The van der Waals surface area contributed by atoms with E-state index in [4.69, 9.17) is 4.55 Å². The van der Waals surface area contributed by atoms with Gasteiger partial charge in [0.05, 0.1) is 5.01 Å². The highest BCUT2D eigenvalue weighted by molar-refractivity contribution is 7.79. The van der Waals surface area contributed by atoms with Gasteiger partial charge in [-0.1, -0.05) is 0 Å². The molecule has 0 fully saturated rings. The van der Waals surface area contributed by atoms with Crippen molar-refractivity contribution in [2.45, 2.75) is 18.9 Å². The average Bonchev–Trinajstić information content (AvgIpc) is 2.10. The van der Waals surface area contributed by atoms with Crippen LogP contribution in [0.15, 0.2) is 5.03 Å². The van der Waals surface area contributed by atoms with Gasteiger partial charge in [0.1, 0.15) is 0 Å². The third kappa shape index (κ3) is 1.42. The number of thiazole rings is 1. The molecule has 0 aliphatic carbocycles. The van der Waals surface area contributed by atoms with Crippen molar-refractivity contribution in [3.63, 3.8) is 0 Å². The van der Waals surface area contributed by atoms with E-state index in [9.17, 15) is 4.21 Å². The van der Waals surface area contributed by atoms with Gasteiger partial charge in [0.2, 0.25) is 11.1 Å². The molecule has 0 aliphatic heterocycles. The first-order valence-electron chi connectivity index (χ1n) is 2.66. The SMILES string of the molecule is Cc1nc(S(=O)O)c(C)s1. The van der Waals surface area contributed by atoms with Gasteiger partial charge in [-0.3, -0.25) is 0 Å². The van der Waals surface area contributed by atoms with Gasteiger partial charge in [-0.25, -0.2) is 9.19 Å². The van der Waals surface area contributed by atoms with Crippen molar-refractivity contribution in [1.82, 2.24) is 4.98 Å². The van der Waals surface area contributed by atoms with E-state index >= 15 is 0 Å². The smallest absolute Gasteiger partial charge is 0.206 e. The lowest BCUT2D eigenvalue weighted by molar-refractivity contribution is 0.560. The van der Waals surface area contributed by atoms with E-state index in [0.29, 0.717) is 5.03 Å². The van der Waals surface area contributed by atoms with Crippen LogP contribution in [-0.2, 0) is 11.1 Å². The van der Waals surface area contributed by atoms with Crippen molar-refractivity contribution in [2.24, 2.45) is 0 Å². The highest BCUT2D eigenvalue weighted by Crippen LogP contribution is 2.18. The lowest BCUT2D eigenvalue weighted by Crippen LogP contribution is -1.89. The van der Waals surface area contributed by atoms with E-state index in [1.54, 1.807) is 6.92 Å². The molecule has 0 saturated heterocycles. The van der Waals surface area contributed by atoms with Crippen LogP contribution in [0.3, 0.4) is 0 Å². The summed E-state index contributed by atoms with van der Waals surface area (Å²) in [6.07, 6.45) is 0. The van der Waals surface area contributed by atoms with E-state index in [0.717, 1.165) is 9.88 Å². The van der Waals surface area contributed by atoms with Gasteiger partial charge in [-0.05, 0) is 13.8 Å². The van der Waals surface area contributed by atoms with Crippen LogP contribution in [0.4, 0.5) is 0 Å².